The highest BCUT2D eigenvalue weighted by Crippen LogP contribution is 2.17. The zero-order valence-corrected chi connectivity index (χ0v) is 13.6. The van der Waals surface area contributed by atoms with Gasteiger partial charge in [0.2, 0.25) is 0 Å². The minimum atomic E-state index is 0.0701. The smallest absolute Gasteiger partial charge is 0.189 e. The van der Waals surface area contributed by atoms with Gasteiger partial charge >= 0.3 is 0 Å². The van der Waals surface area contributed by atoms with Crippen LogP contribution in [0.3, 0.4) is 0 Å². The van der Waals surface area contributed by atoms with Gasteiger partial charge in [0.15, 0.2) is 5.43 Å². The molecule has 0 fully saturated rings. The molecule has 0 bridgehead atoms. The Balaban J connectivity index is 1.78. The minimum Gasteiger partial charge on any atom is -0.357 e. The predicted octanol–water partition coefficient (Wildman–Crippen LogP) is 1.91. The molecule has 23 heavy (non-hydrogen) atoms. The van der Waals surface area contributed by atoms with Gasteiger partial charge in [-0.25, -0.2) is 4.98 Å². The first-order valence-corrected chi connectivity index (χ1v) is 7.72. The zero-order chi connectivity index (χ0) is 16.4. The highest BCUT2D eigenvalue weighted by Gasteiger charge is 2.08. The fourth-order valence-electron chi connectivity index (χ4n) is 2.77. The normalized spacial score (nSPS) is 12.7. The van der Waals surface area contributed by atoms with Crippen molar-refractivity contribution in [3.8, 4) is 0 Å². The van der Waals surface area contributed by atoms with Crippen LogP contribution in [-0.4, -0.2) is 25.8 Å². The molecule has 120 valence electrons. The second-order valence-electron chi connectivity index (χ2n) is 6.01. The fourth-order valence-corrected chi connectivity index (χ4v) is 2.77. The predicted molar refractivity (Wildman–Crippen MR) is 90.4 cm³/mol. The fraction of sp³-hybridized carbons (Fsp3) is 0.353. The third-order valence-electron chi connectivity index (χ3n) is 4.03. The van der Waals surface area contributed by atoms with Gasteiger partial charge in [0.25, 0.3) is 0 Å². The van der Waals surface area contributed by atoms with E-state index in [0.717, 1.165) is 34.3 Å². The first-order chi connectivity index (χ1) is 11.0. The van der Waals surface area contributed by atoms with Gasteiger partial charge in [0, 0.05) is 29.7 Å². The Morgan fingerprint density at radius 2 is 2.09 bits per heavy atom. The van der Waals surface area contributed by atoms with E-state index in [9.17, 15) is 4.79 Å². The number of nitrogens with zero attached hydrogens (tertiary/aromatic N) is 3. The van der Waals surface area contributed by atoms with Gasteiger partial charge in [-0.05, 0) is 31.9 Å². The van der Waals surface area contributed by atoms with E-state index in [1.165, 1.54) is 6.33 Å². The summed E-state index contributed by atoms with van der Waals surface area (Å²) in [6, 6.07) is 5.93. The third-order valence-corrected chi connectivity index (χ3v) is 4.03. The molecule has 0 saturated carbocycles. The summed E-state index contributed by atoms with van der Waals surface area (Å²) in [5.74, 6) is 0. The molecule has 0 aliphatic heterocycles. The Morgan fingerprint density at radius 1 is 1.30 bits per heavy atom. The van der Waals surface area contributed by atoms with Gasteiger partial charge in [0.1, 0.15) is 12.7 Å². The number of benzene rings is 1. The topological polar surface area (TPSA) is 75.6 Å². The van der Waals surface area contributed by atoms with Crippen LogP contribution in [0.2, 0.25) is 0 Å². The average molecular weight is 311 g/mol. The van der Waals surface area contributed by atoms with Crippen molar-refractivity contribution in [1.82, 2.24) is 25.1 Å². The molecule has 3 aromatic rings. The van der Waals surface area contributed by atoms with Crippen molar-refractivity contribution in [2.24, 2.45) is 0 Å². The average Bonchev–Trinajstić information content (AvgIpc) is 3.01. The van der Waals surface area contributed by atoms with Crippen molar-refractivity contribution in [2.45, 2.75) is 39.9 Å². The maximum Gasteiger partial charge on any atom is 0.189 e. The molecule has 0 amide bonds. The molecule has 1 aromatic carbocycles. The molecule has 3 rings (SSSR count). The Bertz CT molecular complexity index is 867. The van der Waals surface area contributed by atoms with E-state index in [2.05, 4.69) is 27.3 Å². The van der Waals surface area contributed by atoms with E-state index in [4.69, 9.17) is 0 Å². The van der Waals surface area contributed by atoms with Crippen LogP contribution in [0.25, 0.3) is 10.9 Å². The van der Waals surface area contributed by atoms with Crippen molar-refractivity contribution in [3.05, 3.63) is 57.9 Å². The van der Waals surface area contributed by atoms with Crippen molar-refractivity contribution in [2.75, 3.05) is 0 Å². The summed E-state index contributed by atoms with van der Waals surface area (Å²) in [4.78, 5) is 19.7. The van der Waals surface area contributed by atoms with Gasteiger partial charge in [-0.2, -0.15) is 5.10 Å². The van der Waals surface area contributed by atoms with Crippen molar-refractivity contribution >= 4 is 10.9 Å². The summed E-state index contributed by atoms with van der Waals surface area (Å²) in [5, 5.41) is 8.28. The first-order valence-electron chi connectivity index (χ1n) is 7.72. The van der Waals surface area contributed by atoms with E-state index in [-0.39, 0.29) is 11.5 Å². The van der Waals surface area contributed by atoms with Crippen molar-refractivity contribution in [3.63, 3.8) is 0 Å². The largest absolute Gasteiger partial charge is 0.357 e. The summed E-state index contributed by atoms with van der Waals surface area (Å²) in [5.41, 5.74) is 3.98. The lowest BCUT2D eigenvalue weighted by Gasteiger charge is -2.14. The highest BCUT2D eigenvalue weighted by molar-refractivity contribution is 5.84. The number of aromatic amines is 1. The Kier molecular flexibility index (Phi) is 4.25. The van der Waals surface area contributed by atoms with Crippen LogP contribution in [0.15, 0.2) is 35.6 Å². The molecule has 0 aliphatic carbocycles. The lowest BCUT2D eigenvalue weighted by Crippen LogP contribution is -2.30. The highest BCUT2D eigenvalue weighted by atomic mass is 16.1. The lowest BCUT2D eigenvalue weighted by atomic mass is 10.0. The van der Waals surface area contributed by atoms with E-state index in [0.29, 0.717) is 6.54 Å². The van der Waals surface area contributed by atoms with Crippen LogP contribution in [0.1, 0.15) is 23.7 Å². The standard InChI is InChI=1S/C17H21N5O/c1-11-4-5-12(2)17-16(11)15(23)6-14(21-17)7-19-13(3)8-22-10-18-9-20-22/h4-6,9-10,13,19H,7-8H2,1-3H3,(H,21,23)/t13-/m0/s1. The number of hydrogen-bond donors (Lipinski definition) is 2. The molecule has 1 atom stereocenters. The summed E-state index contributed by atoms with van der Waals surface area (Å²) in [7, 11) is 0. The van der Waals surface area contributed by atoms with Crippen LogP contribution in [0.5, 0.6) is 0 Å². The van der Waals surface area contributed by atoms with E-state index >= 15 is 0 Å². The second kappa shape index (κ2) is 6.34. The Hall–Kier alpha value is -2.47. The number of aromatic nitrogens is 4. The maximum atomic E-state index is 12.4. The number of nitrogens with one attached hydrogen (secondary N) is 2. The van der Waals surface area contributed by atoms with E-state index < -0.39 is 0 Å². The Labute approximate surface area is 134 Å². The molecule has 6 heteroatoms. The van der Waals surface area contributed by atoms with Gasteiger partial charge in [0.05, 0.1) is 12.1 Å². The molecule has 6 nitrogen and oxygen atoms in total. The summed E-state index contributed by atoms with van der Waals surface area (Å²) >= 11 is 0. The van der Waals surface area contributed by atoms with Gasteiger partial charge in [-0.15, -0.1) is 0 Å². The van der Waals surface area contributed by atoms with Crippen LogP contribution >= 0.6 is 0 Å². The summed E-state index contributed by atoms with van der Waals surface area (Å²) < 4.78 is 1.79. The minimum absolute atomic E-state index is 0.0701. The molecule has 0 spiro atoms. The quantitative estimate of drug-likeness (QED) is 0.755. The molecule has 0 radical (unpaired) electrons. The number of aryl methyl sites for hydroxylation is 2. The van der Waals surface area contributed by atoms with Crippen LogP contribution in [-0.2, 0) is 13.1 Å². The molecule has 0 aliphatic rings. The molecular formula is C17H21N5O. The van der Waals surface area contributed by atoms with Crippen LogP contribution in [0.4, 0.5) is 0 Å². The molecular weight excluding hydrogens is 290 g/mol. The summed E-state index contributed by atoms with van der Waals surface area (Å²) in [6.07, 6.45) is 3.22. The van der Waals surface area contributed by atoms with Crippen molar-refractivity contribution in [1.29, 1.82) is 0 Å². The van der Waals surface area contributed by atoms with Crippen LogP contribution in [0, 0.1) is 13.8 Å². The number of H-pyrrole nitrogens is 1. The molecule has 0 saturated heterocycles. The Morgan fingerprint density at radius 3 is 2.83 bits per heavy atom. The zero-order valence-electron chi connectivity index (χ0n) is 13.6. The first kappa shape index (κ1) is 15.4. The number of pyridine rings is 1. The van der Waals surface area contributed by atoms with Crippen molar-refractivity contribution < 1.29 is 0 Å². The monoisotopic (exact) mass is 311 g/mol. The molecule has 0 unspecified atom stereocenters. The van der Waals surface area contributed by atoms with E-state index in [1.807, 2.05) is 26.0 Å². The number of fused-ring (bicyclic) bond motifs is 1. The van der Waals surface area contributed by atoms with Crippen LogP contribution < -0.4 is 10.7 Å². The second-order valence-corrected chi connectivity index (χ2v) is 6.01. The van der Waals surface area contributed by atoms with Gasteiger partial charge in [-0.3, -0.25) is 9.48 Å². The van der Waals surface area contributed by atoms with Gasteiger partial charge in [-0.1, -0.05) is 12.1 Å². The number of rotatable bonds is 5. The molecule has 2 heterocycles. The SMILES string of the molecule is Cc1ccc(C)c2c(=O)cc(CN[C@@H](C)Cn3cncn3)[nH]c12. The van der Waals surface area contributed by atoms with Gasteiger partial charge < -0.3 is 10.3 Å². The third kappa shape index (κ3) is 3.32. The molecule has 2 N–H and O–H groups in total. The lowest BCUT2D eigenvalue weighted by molar-refractivity contribution is 0.448. The maximum absolute atomic E-state index is 12.4. The summed E-state index contributed by atoms with van der Waals surface area (Å²) in [6.45, 7) is 7.40. The van der Waals surface area contributed by atoms with E-state index in [1.54, 1.807) is 17.1 Å². The number of hydrogen-bond acceptors (Lipinski definition) is 4. The molecule has 2 aromatic heterocycles.